The van der Waals surface area contributed by atoms with E-state index in [9.17, 15) is 5.26 Å². The van der Waals surface area contributed by atoms with E-state index < -0.39 is 0 Å². The molecule has 0 atom stereocenters. The largest absolute Gasteiger partial charge is 0.340 e. The number of aliphatic imine (C=N–C) groups is 1. The minimum Gasteiger partial charge on any atom is -0.340 e. The summed E-state index contributed by atoms with van der Waals surface area (Å²) in [6.07, 6.45) is 9.47. The number of nitrogens with zero attached hydrogens (tertiary/aromatic N) is 5. The van der Waals surface area contributed by atoms with E-state index in [2.05, 4.69) is 34.0 Å². The van der Waals surface area contributed by atoms with Crippen LogP contribution in [0.25, 0.3) is 21.1 Å². The van der Waals surface area contributed by atoms with Gasteiger partial charge in [-0.2, -0.15) is 5.26 Å². The van der Waals surface area contributed by atoms with Crippen molar-refractivity contribution < 1.29 is 0 Å². The lowest BCUT2D eigenvalue weighted by atomic mass is 10.1. The molecule has 3 heterocycles. The maximum atomic E-state index is 9.68. The van der Waals surface area contributed by atoms with Crippen molar-refractivity contribution in [3.8, 4) is 6.07 Å². The van der Waals surface area contributed by atoms with Crippen molar-refractivity contribution in [3.63, 3.8) is 0 Å². The van der Waals surface area contributed by atoms with Crippen LogP contribution >= 0.6 is 11.3 Å². The first-order valence-corrected chi connectivity index (χ1v) is 11.2. The molecule has 0 saturated heterocycles. The molecule has 3 aromatic heterocycles. The number of nitriles is 1. The van der Waals surface area contributed by atoms with E-state index in [1.807, 2.05) is 30.4 Å². The smallest absolute Gasteiger partial charge is 0.141 e. The average Bonchev–Trinajstić information content (AvgIpc) is 3.58. The molecule has 1 aliphatic carbocycles. The van der Waals surface area contributed by atoms with Gasteiger partial charge in [-0.25, -0.2) is 9.97 Å². The Kier molecular flexibility index (Phi) is 5.21. The monoisotopic (exact) mass is 436 g/mol. The van der Waals surface area contributed by atoms with E-state index in [0.29, 0.717) is 39.6 Å². The molecule has 0 radical (unpaired) electrons. The third-order valence-electron chi connectivity index (χ3n) is 5.33. The average molecular weight is 437 g/mol. The number of hydrogen-bond acceptors (Lipinski definition) is 7. The highest BCUT2D eigenvalue weighted by Crippen LogP contribution is 2.43. The Hall–Kier alpha value is -3.89. The first-order chi connectivity index (χ1) is 15.7. The summed E-state index contributed by atoms with van der Waals surface area (Å²) in [6.45, 7) is 3.72. The molecule has 32 heavy (non-hydrogen) atoms. The molecule has 4 aromatic rings. The van der Waals surface area contributed by atoms with Gasteiger partial charge in [-0.1, -0.05) is 18.7 Å². The standard InChI is InChI=1S/C25H20N6S/c1-3-4-5-18(27-2)20-13-21-23(16(14-26)10-11-28-21)24(30-20)29-17-8-9-19-22(12-17)32-25(31-19)15-6-7-15/h3-5,8-13,15H,1,6-7H2,2H3,(H,29,30)/b5-4-,27-18?. The molecule has 7 heteroatoms. The highest BCUT2D eigenvalue weighted by Gasteiger charge is 2.27. The van der Waals surface area contributed by atoms with Gasteiger partial charge in [0.05, 0.1) is 43.1 Å². The van der Waals surface area contributed by atoms with Gasteiger partial charge in [0.2, 0.25) is 0 Å². The summed E-state index contributed by atoms with van der Waals surface area (Å²) in [5.41, 5.74) is 4.47. The molecule has 0 bridgehead atoms. The summed E-state index contributed by atoms with van der Waals surface area (Å²) >= 11 is 1.75. The Labute approximate surface area is 189 Å². The van der Waals surface area contributed by atoms with Crippen LogP contribution in [-0.2, 0) is 0 Å². The number of pyridine rings is 2. The van der Waals surface area contributed by atoms with Crippen LogP contribution in [0.3, 0.4) is 0 Å². The summed E-state index contributed by atoms with van der Waals surface area (Å²) in [5, 5.41) is 15.0. The van der Waals surface area contributed by atoms with Crippen molar-refractivity contribution in [1.29, 1.82) is 5.26 Å². The Morgan fingerprint density at radius 2 is 2.12 bits per heavy atom. The normalized spacial score (nSPS) is 14.2. The van der Waals surface area contributed by atoms with Crippen molar-refractivity contribution >= 4 is 49.7 Å². The highest BCUT2D eigenvalue weighted by atomic mass is 32.1. The Bertz CT molecular complexity index is 1450. The number of benzene rings is 1. The molecule has 156 valence electrons. The molecule has 6 nitrogen and oxygen atoms in total. The minimum absolute atomic E-state index is 0.517. The lowest BCUT2D eigenvalue weighted by molar-refractivity contribution is 1.10. The molecule has 1 aliphatic rings. The van der Waals surface area contributed by atoms with Crippen molar-refractivity contribution in [2.75, 3.05) is 12.4 Å². The van der Waals surface area contributed by atoms with Crippen LogP contribution < -0.4 is 5.32 Å². The second kappa shape index (κ2) is 8.33. The lowest BCUT2D eigenvalue weighted by Crippen LogP contribution is -2.05. The van der Waals surface area contributed by atoms with Crippen LogP contribution in [0.2, 0.25) is 0 Å². The van der Waals surface area contributed by atoms with E-state index >= 15 is 0 Å². The first kappa shape index (κ1) is 20.0. The number of fused-ring (bicyclic) bond motifs is 2. The fraction of sp³-hybridized carbons (Fsp3) is 0.160. The van der Waals surface area contributed by atoms with Gasteiger partial charge in [-0.3, -0.25) is 9.98 Å². The third kappa shape index (κ3) is 3.77. The van der Waals surface area contributed by atoms with Crippen molar-refractivity contribution in [2.24, 2.45) is 4.99 Å². The van der Waals surface area contributed by atoms with Crippen molar-refractivity contribution in [3.05, 3.63) is 77.6 Å². The number of hydrogen-bond donors (Lipinski definition) is 1. The topological polar surface area (TPSA) is 86.9 Å². The predicted molar refractivity (Wildman–Crippen MR) is 131 cm³/mol. The fourth-order valence-electron chi connectivity index (χ4n) is 3.58. The molecule has 0 spiro atoms. The molecule has 1 aromatic carbocycles. The summed E-state index contributed by atoms with van der Waals surface area (Å²) in [7, 11) is 1.72. The molecule has 5 rings (SSSR count). The Morgan fingerprint density at radius 3 is 2.88 bits per heavy atom. The van der Waals surface area contributed by atoms with Crippen LogP contribution in [-0.4, -0.2) is 27.7 Å². The van der Waals surface area contributed by atoms with Gasteiger partial charge in [0.1, 0.15) is 11.9 Å². The van der Waals surface area contributed by atoms with E-state index in [1.165, 1.54) is 17.8 Å². The summed E-state index contributed by atoms with van der Waals surface area (Å²) in [4.78, 5) is 18.4. The number of rotatable bonds is 6. The molecule has 0 unspecified atom stereocenters. The van der Waals surface area contributed by atoms with E-state index in [4.69, 9.17) is 9.97 Å². The molecular formula is C25H20N6S. The summed E-state index contributed by atoms with van der Waals surface area (Å²) < 4.78 is 1.14. The SMILES string of the molecule is C=C/C=C\C(=NC)c1cc2nccc(C#N)c2c(Nc2ccc3nc(C4CC4)sc3c2)n1. The zero-order valence-electron chi connectivity index (χ0n) is 17.5. The second-order valence-electron chi connectivity index (χ2n) is 7.56. The van der Waals surface area contributed by atoms with Gasteiger partial charge in [-0.15, -0.1) is 11.3 Å². The maximum absolute atomic E-state index is 9.68. The van der Waals surface area contributed by atoms with Gasteiger partial charge in [0.15, 0.2) is 0 Å². The van der Waals surface area contributed by atoms with Crippen LogP contribution in [0.1, 0.15) is 35.0 Å². The number of thiazole rings is 1. The van der Waals surface area contributed by atoms with E-state index in [1.54, 1.807) is 36.7 Å². The second-order valence-corrected chi connectivity index (χ2v) is 8.62. The van der Waals surface area contributed by atoms with Crippen molar-refractivity contribution in [2.45, 2.75) is 18.8 Å². The molecule has 1 saturated carbocycles. The van der Waals surface area contributed by atoms with E-state index in [0.717, 1.165) is 15.9 Å². The fourth-order valence-corrected chi connectivity index (χ4v) is 4.76. The molecule has 0 aliphatic heterocycles. The molecule has 1 fully saturated rings. The van der Waals surface area contributed by atoms with Crippen molar-refractivity contribution in [1.82, 2.24) is 15.0 Å². The quantitative estimate of drug-likeness (QED) is 0.301. The number of aromatic nitrogens is 3. The van der Waals surface area contributed by atoms with Gasteiger partial charge < -0.3 is 5.32 Å². The Morgan fingerprint density at radius 1 is 1.25 bits per heavy atom. The molecule has 1 N–H and O–H groups in total. The number of anilines is 2. The minimum atomic E-state index is 0.517. The highest BCUT2D eigenvalue weighted by molar-refractivity contribution is 7.18. The van der Waals surface area contributed by atoms with Gasteiger partial charge >= 0.3 is 0 Å². The summed E-state index contributed by atoms with van der Waals surface area (Å²) in [5.74, 6) is 1.20. The number of nitrogens with one attached hydrogen (secondary N) is 1. The van der Waals surface area contributed by atoms with Crippen LogP contribution in [0.4, 0.5) is 11.5 Å². The molecular weight excluding hydrogens is 416 g/mol. The zero-order chi connectivity index (χ0) is 22.1. The van der Waals surface area contributed by atoms with Crippen LogP contribution in [0, 0.1) is 11.3 Å². The Balaban J connectivity index is 1.62. The summed E-state index contributed by atoms with van der Waals surface area (Å²) in [6, 6.07) is 11.9. The van der Waals surface area contributed by atoms with E-state index in [-0.39, 0.29) is 0 Å². The first-order valence-electron chi connectivity index (χ1n) is 10.3. The lowest BCUT2D eigenvalue weighted by Gasteiger charge is -2.12. The molecule has 0 amide bonds. The van der Waals surface area contributed by atoms with Gasteiger partial charge in [0, 0.05) is 24.8 Å². The maximum Gasteiger partial charge on any atom is 0.141 e. The van der Waals surface area contributed by atoms with Gasteiger partial charge in [-0.05, 0) is 49.2 Å². The number of allylic oxidation sites excluding steroid dienone is 3. The van der Waals surface area contributed by atoms with Gasteiger partial charge in [0.25, 0.3) is 0 Å². The predicted octanol–water partition coefficient (Wildman–Crippen LogP) is 5.89. The van der Waals surface area contributed by atoms with Crippen LogP contribution in [0.15, 0.2) is 66.3 Å². The van der Waals surface area contributed by atoms with Crippen LogP contribution in [0.5, 0.6) is 0 Å². The zero-order valence-corrected chi connectivity index (χ0v) is 18.4. The third-order valence-corrected chi connectivity index (χ3v) is 6.51.